The second-order valence-electron chi connectivity index (χ2n) is 4.57. The summed E-state index contributed by atoms with van der Waals surface area (Å²) in [6.45, 7) is 5.81. The maximum absolute atomic E-state index is 12.0. The first-order valence-electron chi connectivity index (χ1n) is 6.47. The summed E-state index contributed by atoms with van der Waals surface area (Å²) in [6, 6.07) is 0.0804. The number of aromatic nitrogens is 3. The summed E-state index contributed by atoms with van der Waals surface area (Å²) in [5.74, 6) is -0.709. The molecule has 1 heterocycles. The van der Waals surface area contributed by atoms with Crippen LogP contribution < -0.4 is 5.73 Å². The first kappa shape index (κ1) is 16.1. The van der Waals surface area contributed by atoms with Gasteiger partial charge in [-0.15, -0.1) is 5.10 Å². The van der Waals surface area contributed by atoms with Gasteiger partial charge >= 0.3 is 5.97 Å². The highest BCUT2D eigenvalue weighted by molar-refractivity contribution is 5.88. The minimum Gasteiger partial charge on any atom is -0.461 e. The number of likely N-dealkylation sites (N-methyl/N-ethyl adjacent to an activating group) is 1. The van der Waals surface area contributed by atoms with E-state index in [1.807, 2.05) is 13.8 Å². The molecule has 112 valence electrons. The van der Waals surface area contributed by atoms with Crippen molar-refractivity contribution in [3.05, 3.63) is 11.4 Å². The van der Waals surface area contributed by atoms with Crippen LogP contribution in [-0.2, 0) is 22.6 Å². The number of carbonyl (C=O) groups is 2. The Kier molecular flexibility index (Phi) is 5.63. The summed E-state index contributed by atoms with van der Waals surface area (Å²) in [7, 11) is 1.71. The lowest BCUT2D eigenvalue weighted by atomic mass is 10.3. The third-order valence-corrected chi connectivity index (χ3v) is 2.95. The van der Waals surface area contributed by atoms with Crippen LogP contribution in [-0.4, -0.2) is 51.5 Å². The predicted molar refractivity (Wildman–Crippen MR) is 71.8 cm³/mol. The largest absolute Gasteiger partial charge is 0.461 e. The van der Waals surface area contributed by atoms with Crippen LogP contribution in [0, 0.1) is 0 Å². The van der Waals surface area contributed by atoms with Crippen molar-refractivity contribution in [2.45, 2.75) is 39.9 Å². The topological polar surface area (TPSA) is 103 Å². The van der Waals surface area contributed by atoms with Gasteiger partial charge in [0.2, 0.25) is 5.91 Å². The predicted octanol–water partition coefficient (Wildman–Crippen LogP) is -0.220. The Morgan fingerprint density at radius 1 is 1.45 bits per heavy atom. The SMILES string of the molecule is CCOC(=O)c1nnn(CC(=O)N(C)C(C)C)c1CN. The Labute approximate surface area is 117 Å². The van der Waals surface area contributed by atoms with Crippen LogP contribution in [0.5, 0.6) is 0 Å². The Morgan fingerprint density at radius 2 is 2.10 bits per heavy atom. The number of carbonyl (C=O) groups excluding carboxylic acids is 2. The van der Waals surface area contributed by atoms with E-state index in [4.69, 9.17) is 10.5 Å². The van der Waals surface area contributed by atoms with Crippen molar-refractivity contribution in [1.29, 1.82) is 0 Å². The molecule has 0 unspecified atom stereocenters. The van der Waals surface area contributed by atoms with Crippen molar-refractivity contribution in [3.8, 4) is 0 Å². The normalized spacial score (nSPS) is 10.7. The van der Waals surface area contributed by atoms with Gasteiger partial charge in [-0.1, -0.05) is 5.21 Å². The molecule has 1 aromatic heterocycles. The van der Waals surface area contributed by atoms with E-state index >= 15 is 0 Å². The number of rotatable bonds is 6. The minimum atomic E-state index is -0.580. The van der Waals surface area contributed by atoms with E-state index in [-0.39, 0.29) is 37.3 Å². The summed E-state index contributed by atoms with van der Waals surface area (Å²) < 4.78 is 6.21. The lowest BCUT2D eigenvalue weighted by molar-refractivity contribution is -0.132. The molecule has 0 fully saturated rings. The van der Waals surface area contributed by atoms with Gasteiger partial charge in [0, 0.05) is 19.6 Å². The summed E-state index contributed by atoms with van der Waals surface area (Å²) in [6.07, 6.45) is 0. The Hall–Kier alpha value is -1.96. The molecule has 0 atom stereocenters. The number of amides is 1. The molecule has 1 aromatic rings. The molecule has 0 aliphatic rings. The van der Waals surface area contributed by atoms with Crippen molar-refractivity contribution in [3.63, 3.8) is 0 Å². The zero-order valence-electron chi connectivity index (χ0n) is 12.3. The van der Waals surface area contributed by atoms with Crippen LogP contribution in [0.25, 0.3) is 0 Å². The molecule has 0 saturated heterocycles. The van der Waals surface area contributed by atoms with E-state index in [2.05, 4.69) is 10.3 Å². The zero-order valence-corrected chi connectivity index (χ0v) is 12.3. The third-order valence-electron chi connectivity index (χ3n) is 2.95. The molecule has 8 heteroatoms. The van der Waals surface area contributed by atoms with E-state index in [0.717, 1.165) is 0 Å². The lowest BCUT2D eigenvalue weighted by Gasteiger charge is -2.21. The molecule has 2 N–H and O–H groups in total. The second kappa shape index (κ2) is 6.99. The van der Waals surface area contributed by atoms with Gasteiger partial charge in [-0.3, -0.25) is 4.79 Å². The van der Waals surface area contributed by atoms with Gasteiger partial charge in [-0.05, 0) is 20.8 Å². The summed E-state index contributed by atoms with van der Waals surface area (Å²) in [5.41, 5.74) is 6.07. The van der Waals surface area contributed by atoms with E-state index in [1.165, 1.54) is 4.68 Å². The molecular weight excluding hydrogens is 262 g/mol. The van der Waals surface area contributed by atoms with Crippen molar-refractivity contribution < 1.29 is 14.3 Å². The monoisotopic (exact) mass is 283 g/mol. The molecule has 1 amide bonds. The summed E-state index contributed by atoms with van der Waals surface area (Å²) in [5, 5.41) is 7.56. The lowest BCUT2D eigenvalue weighted by Crippen LogP contribution is -2.36. The van der Waals surface area contributed by atoms with Crippen LogP contribution in [0.15, 0.2) is 0 Å². The van der Waals surface area contributed by atoms with Crippen LogP contribution in [0.4, 0.5) is 0 Å². The molecule has 0 saturated carbocycles. The molecule has 0 aromatic carbocycles. The molecule has 1 rings (SSSR count). The maximum Gasteiger partial charge on any atom is 0.360 e. The molecule has 0 aliphatic carbocycles. The summed E-state index contributed by atoms with van der Waals surface area (Å²) >= 11 is 0. The molecule has 20 heavy (non-hydrogen) atoms. The number of nitrogens with two attached hydrogens (primary N) is 1. The fraction of sp³-hybridized carbons (Fsp3) is 0.667. The van der Waals surface area contributed by atoms with Crippen molar-refractivity contribution in [2.24, 2.45) is 5.73 Å². The van der Waals surface area contributed by atoms with Crippen LogP contribution in [0.3, 0.4) is 0 Å². The van der Waals surface area contributed by atoms with E-state index < -0.39 is 5.97 Å². The quantitative estimate of drug-likeness (QED) is 0.724. The van der Waals surface area contributed by atoms with E-state index in [1.54, 1.807) is 18.9 Å². The van der Waals surface area contributed by atoms with Crippen LogP contribution in [0.1, 0.15) is 37.0 Å². The van der Waals surface area contributed by atoms with Gasteiger partial charge in [-0.25, -0.2) is 9.48 Å². The molecular formula is C12H21N5O3. The molecule has 0 bridgehead atoms. The Bertz CT molecular complexity index is 483. The smallest absolute Gasteiger partial charge is 0.360 e. The molecule has 0 aliphatic heterocycles. The highest BCUT2D eigenvalue weighted by Crippen LogP contribution is 2.08. The first-order chi connectivity index (χ1) is 9.42. The molecule has 8 nitrogen and oxygen atoms in total. The number of hydrogen-bond donors (Lipinski definition) is 1. The molecule has 0 spiro atoms. The number of ether oxygens (including phenoxy) is 1. The highest BCUT2D eigenvalue weighted by Gasteiger charge is 2.22. The highest BCUT2D eigenvalue weighted by atomic mass is 16.5. The van der Waals surface area contributed by atoms with Crippen LogP contribution >= 0.6 is 0 Å². The van der Waals surface area contributed by atoms with Gasteiger partial charge < -0.3 is 15.4 Å². The van der Waals surface area contributed by atoms with Gasteiger partial charge in [0.25, 0.3) is 0 Å². The first-order valence-corrected chi connectivity index (χ1v) is 6.47. The zero-order chi connectivity index (χ0) is 15.3. The fourth-order valence-electron chi connectivity index (χ4n) is 1.55. The van der Waals surface area contributed by atoms with Crippen LogP contribution in [0.2, 0.25) is 0 Å². The Balaban J connectivity index is 2.92. The van der Waals surface area contributed by atoms with Crippen molar-refractivity contribution in [2.75, 3.05) is 13.7 Å². The van der Waals surface area contributed by atoms with Crippen molar-refractivity contribution in [1.82, 2.24) is 19.9 Å². The van der Waals surface area contributed by atoms with E-state index in [0.29, 0.717) is 5.69 Å². The van der Waals surface area contributed by atoms with Gasteiger partial charge in [0.1, 0.15) is 6.54 Å². The average Bonchev–Trinajstić information content (AvgIpc) is 2.80. The van der Waals surface area contributed by atoms with Gasteiger partial charge in [0.05, 0.1) is 12.3 Å². The molecule has 0 radical (unpaired) electrons. The summed E-state index contributed by atoms with van der Waals surface area (Å²) in [4.78, 5) is 25.3. The van der Waals surface area contributed by atoms with Crippen molar-refractivity contribution >= 4 is 11.9 Å². The van der Waals surface area contributed by atoms with E-state index in [9.17, 15) is 9.59 Å². The number of esters is 1. The maximum atomic E-state index is 12.0. The second-order valence-corrected chi connectivity index (χ2v) is 4.57. The van der Waals surface area contributed by atoms with Gasteiger partial charge in [0.15, 0.2) is 5.69 Å². The fourth-order valence-corrected chi connectivity index (χ4v) is 1.55. The average molecular weight is 283 g/mol. The minimum absolute atomic E-state index is 0.00633. The third kappa shape index (κ3) is 3.53. The number of nitrogens with zero attached hydrogens (tertiary/aromatic N) is 4. The Morgan fingerprint density at radius 3 is 2.60 bits per heavy atom. The number of hydrogen-bond acceptors (Lipinski definition) is 6. The van der Waals surface area contributed by atoms with Gasteiger partial charge in [-0.2, -0.15) is 0 Å². The standard InChI is InChI=1S/C12H21N5O3/c1-5-20-12(19)11-9(6-13)17(15-14-11)7-10(18)16(4)8(2)3/h8H,5-7,13H2,1-4H3.